The first kappa shape index (κ1) is 60.2. The Balaban J connectivity index is -0.000000947. The van der Waals surface area contributed by atoms with Crippen LogP contribution in [0.1, 0.15) is 306 Å². The summed E-state index contributed by atoms with van der Waals surface area (Å²) in [4.78, 5) is 0. The molecule has 0 saturated carbocycles. The third-order valence-corrected chi connectivity index (χ3v) is 12.0. The van der Waals surface area contributed by atoms with Gasteiger partial charge in [-0.2, -0.15) is 0 Å². The molecule has 4 atom stereocenters. The Morgan fingerprint density at radius 3 is 0.964 bits per heavy atom. The molecule has 3 radical (unpaired) electrons. The smallest absolute Gasteiger partial charge is 0.0542 e. The monoisotopic (exact) mass is 792 g/mol. The van der Waals surface area contributed by atoms with Crippen molar-refractivity contribution in [3.63, 3.8) is 0 Å². The number of hydrogen-bond donors (Lipinski definition) is 2. The maximum absolute atomic E-state index is 10.4. The predicted molar refractivity (Wildman–Crippen MR) is 257 cm³/mol. The molecule has 0 amide bonds. The Labute approximate surface area is 358 Å². The third-order valence-electron chi connectivity index (χ3n) is 12.0. The quantitative estimate of drug-likeness (QED) is 0.0604. The van der Waals surface area contributed by atoms with E-state index >= 15 is 0 Å². The Morgan fingerprint density at radius 1 is 0.339 bits per heavy atom. The summed E-state index contributed by atoms with van der Waals surface area (Å²) in [6, 6.07) is 0. The highest BCUT2D eigenvalue weighted by Gasteiger charge is 2.14. The molecule has 0 bridgehead atoms. The van der Waals surface area contributed by atoms with E-state index in [0.29, 0.717) is 11.8 Å². The van der Waals surface area contributed by atoms with Crippen LogP contribution in [0.3, 0.4) is 0 Å². The van der Waals surface area contributed by atoms with Crippen molar-refractivity contribution in [3.8, 4) is 0 Å². The van der Waals surface area contributed by atoms with Gasteiger partial charge in [0.05, 0.1) is 12.2 Å². The van der Waals surface area contributed by atoms with Gasteiger partial charge in [-0.3, -0.25) is 0 Å². The van der Waals surface area contributed by atoms with E-state index in [9.17, 15) is 10.2 Å². The first-order valence-corrected chi connectivity index (χ1v) is 26.2. The summed E-state index contributed by atoms with van der Waals surface area (Å²) < 4.78 is 0. The van der Waals surface area contributed by atoms with Crippen LogP contribution in [0, 0.1) is 31.1 Å². The summed E-state index contributed by atoms with van der Waals surface area (Å²) in [5.74, 6) is 1.39. The van der Waals surface area contributed by atoms with Crippen LogP contribution in [0.15, 0.2) is 0 Å². The summed E-state index contributed by atoms with van der Waals surface area (Å²) in [7, 11) is 0. The molecule has 4 unspecified atom stereocenters. The van der Waals surface area contributed by atoms with Crippen LogP contribution in [0.25, 0.3) is 0 Å². The van der Waals surface area contributed by atoms with Crippen LogP contribution in [0.4, 0.5) is 0 Å². The van der Waals surface area contributed by atoms with Crippen molar-refractivity contribution in [3.05, 3.63) is 19.3 Å². The van der Waals surface area contributed by atoms with Gasteiger partial charge in [0.15, 0.2) is 0 Å². The Morgan fingerprint density at radius 2 is 0.661 bits per heavy atom. The van der Waals surface area contributed by atoms with Gasteiger partial charge in [-0.15, -0.1) is 0 Å². The molecule has 339 valence electrons. The fraction of sp³-hybridized carbons (Fsp3) is 0.944. The molecule has 2 heteroatoms. The van der Waals surface area contributed by atoms with Gasteiger partial charge in [-0.1, -0.05) is 267 Å². The van der Waals surface area contributed by atoms with E-state index in [4.69, 9.17) is 0 Å². The highest BCUT2D eigenvalue weighted by molar-refractivity contribution is 4.74. The standard InChI is InChI=1S/C30H61O.C18H37O.C6H13/c1-4-7-9-11-13-15-16-17-19-21-23-25-27-30(31)28-29(6-3)26-24-22-20-18-14-12-10-8-5-2;1-4-7-9-10-11-13-15-18(19)16-17(6-3)14-12-8-5-2;1-3-5-6-4-2/h24,29-31H,4-23,25-28H2,1-3H3;12,17-19H,4-11,13-16H2,1-3H3;3H,4-6H2,1-2H3. The van der Waals surface area contributed by atoms with E-state index in [2.05, 4.69) is 74.7 Å². The van der Waals surface area contributed by atoms with Crippen molar-refractivity contribution in [2.24, 2.45) is 11.8 Å². The van der Waals surface area contributed by atoms with E-state index < -0.39 is 0 Å². The highest BCUT2D eigenvalue weighted by Crippen LogP contribution is 2.23. The van der Waals surface area contributed by atoms with Gasteiger partial charge in [-0.25, -0.2) is 0 Å². The van der Waals surface area contributed by atoms with Crippen LogP contribution in [0.5, 0.6) is 0 Å². The zero-order valence-electron chi connectivity index (χ0n) is 40.5. The van der Waals surface area contributed by atoms with Gasteiger partial charge in [-0.05, 0) is 69.6 Å². The molecular formula is C54H111O2. The molecule has 0 rings (SSSR count). The van der Waals surface area contributed by atoms with Gasteiger partial charge in [0.1, 0.15) is 0 Å². The van der Waals surface area contributed by atoms with E-state index in [-0.39, 0.29) is 12.2 Å². The van der Waals surface area contributed by atoms with Gasteiger partial charge < -0.3 is 10.2 Å². The van der Waals surface area contributed by atoms with E-state index in [1.807, 2.05) is 0 Å². The SMILES string of the molecule is CCCCCCCCC[CH]CC(CC)CC(O)CCCCCCCCCCCCCC.CCC[CH]CC(CC)CC(O)CCCCCCCC.C[CH]CCCC. The van der Waals surface area contributed by atoms with Gasteiger partial charge in [0.2, 0.25) is 0 Å². The maximum atomic E-state index is 10.4. The van der Waals surface area contributed by atoms with Crippen LogP contribution in [0.2, 0.25) is 0 Å². The molecule has 0 aliphatic heterocycles. The van der Waals surface area contributed by atoms with Crippen molar-refractivity contribution in [1.82, 2.24) is 0 Å². The van der Waals surface area contributed by atoms with Crippen LogP contribution in [-0.4, -0.2) is 22.4 Å². The highest BCUT2D eigenvalue weighted by atomic mass is 16.3. The lowest BCUT2D eigenvalue weighted by molar-refractivity contribution is 0.127. The summed E-state index contributed by atoms with van der Waals surface area (Å²) in [5.41, 5.74) is 0. The molecule has 0 spiro atoms. The number of rotatable bonds is 43. The van der Waals surface area contributed by atoms with Gasteiger partial charge in [0.25, 0.3) is 0 Å². The van der Waals surface area contributed by atoms with Crippen molar-refractivity contribution >= 4 is 0 Å². The summed E-state index contributed by atoms with van der Waals surface area (Å²) in [6.07, 6.45) is 58.0. The fourth-order valence-corrected chi connectivity index (χ4v) is 7.81. The van der Waals surface area contributed by atoms with E-state index in [1.165, 1.54) is 225 Å². The van der Waals surface area contributed by atoms with Crippen molar-refractivity contribution < 1.29 is 10.2 Å². The molecule has 0 aliphatic carbocycles. The van der Waals surface area contributed by atoms with Gasteiger partial charge >= 0.3 is 0 Å². The van der Waals surface area contributed by atoms with E-state index in [0.717, 1.165) is 25.7 Å². The summed E-state index contributed by atoms with van der Waals surface area (Å²) in [5, 5.41) is 20.5. The zero-order valence-corrected chi connectivity index (χ0v) is 40.5. The lowest BCUT2D eigenvalue weighted by atomic mass is 9.90. The second-order valence-electron chi connectivity index (χ2n) is 17.9. The molecule has 0 aromatic heterocycles. The first-order valence-electron chi connectivity index (χ1n) is 26.2. The topological polar surface area (TPSA) is 40.5 Å². The minimum atomic E-state index is -0.0694. The molecule has 56 heavy (non-hydrogen) atoms. The summed E-state index contributed by atoms with van der Waals surface area (Å²) >= 11 is 0. The molecule has 2 nitrogen and oxygen atoms in total. The number of aliphatic hydroxyl groups excluding tert-OH is 2. The Hall–Kier alpha value is -0.0800. The fourth-order valence-electron chi connectivity index (χ4n) is 7.81. The van der Waals surface area contributed by atoms with Crippen molar-refractivity contribution in [1.29, 1.82) is 0 Å². The molecule has 0 fully saturated rings. The molecular weight excluding hydrogens is 681 g/mol. The molecule has 0 aromatic carbocycles. The normalized spacial score (nSPS) is 13.4. The predicted octanol–water partition coefficient (Wildman–Crippen LogP) is 18.9. The third kappa shape index (κ3) is 53.9. The average molecular weight is 792 g/mol. The first-order chi connectivity index (χ1) is 27.4. The zero-order chi connectivity index (χ0) is 42.0. The Kier molecular flexibility index (Phi) is 59.1. The minimum absolute atomic E-state index is 0.0637. The maximum Gasteiger partial charge on any atom is 0.0542 e. The molecule has 0 aromatic rings. The van der Waals surface area contributed by atoms with Crippen LogP contribution in [-0.2, 0) is 0 Å². The number of aliphatic hydroxyl groups is 2. The lowest BCUT2D eigenvalue weighted by Crippen LogP contribution is -2.13. The van der Waals surface area contributed by atoms with Crippen LogP contribution < -0.4 is 0 Å². The number of hydrogen-bond acceptors (Lipinski definition) is 2. The van der Waals surface area contributed by atoms with Gasteiger partial charge in [0, 0.05) is 0 Å². The molecule has 0 saturated heterocycles. The van der Waals surface area contributed by atoms with Crippen molar-refractivity contribution in [2.45, 2.75) is 318 Å². The minimum Gasteiger partial charge on any atom is -0.393 e. The second kappa shape index (κ2) is 54.9. The molecule has 0 aliphatic rings. The summed E-state index contributed by atoms with van der Waals surface area (Å²) in [6.45, 7) is 17.9. The second-order valence-corrected chi connectivity index (χ2v) is 17.9. The number of unbranched alkanes of at least 4 members (excludes halogenated alkanes) is 29. The van der Waals surface area contributed by atoms with E-state index in [1.54, 1.807) is 0 Å². The van der Waals surface area contributed by atoms with Crippen molar-refractivity contribution in [2.75, 3.05) is 0 Å². The Bertz CT molecular complexity index is 630. The van der Waals surface area contributed by atoms with Crippen LogP contribution >= 0.6 is 0 Å². The largest absolute Gasteiger partial charge is 0.393 e. The lowest BCUT2D eigenvalue weighted by Gasteiger charge is -2.19. The average Bonchev–Trinajstić information content (AvgIpc) is 3.20. The molecule has 2 N–H and O–H groups in total. The molecule has 0 heterocycles.